The van der Waals surface area contributed by atoms with E-state index in [1.165, 1.54) is 17.9 Å². The van der Waals surface area contributed by atoms with E-state index < -0.39 is 33.7 Å². The smallest absolute Gasteiger partial charge is 0.414 e. The standard InChI is InChI=1S/C19H24FN3O5S/c1-13(24)21-11-15-12-23(18(25)28-15)14-2-3-17(16(20)10-14)22-6-4-19(5-7-22)27-8-9-29(19)26/h2-3,10,15H,4-9,11-12H2,1H3,(H,21,24)/t15-,29?/m0/s1. The van der Waals surface area contributed by atoms with Crippen LogP contribution in [0.3, 0.4) is 0 Å². The van der Waals surface area contributed by atoms with Crippen molar-refractivity contribution in [2.45, 2.75) is 30.8 Å². The summed E-state index contributed by atoms with van der Waals surface area (Å²) in [6.45, 7) is 3.50. The summed E-state index contributed by atoms with van der Waals surface area (Å²) in [6, 6.07) is 4.67. The number of hydrogen-bond donors (Lipinski definition) is 1. The molecule has 1 aromatic rings. The van der Waals surface area contributed by atoms with Crippen molar-refractivity contribution in [2.24, 2.45) is 0 Å². The first-order valence-electron chi connectivity index (χ1n) is 9.67. The average Bonchev–Trinajstić information content (AvgIpc) is 3.24. The summed E-state index contributed by atoms with van der Waals surface area (Å²) in [6.07, 6.45) is 0.168. The Morgan fingerprint density at radius 2 is 2.14 bits per heavy atom. The van der Waals surface area contributed by atoms with E-state index in [0.29, 0.717) is 49.7 Å². The van der Waals surface area contributed by atoms with Crippen LogP contribution < -0.4 is 15.1 Å². The van der Waals surface area contributed by atoms with Crippen molar-refractivity contribution < 1.29 is 27.7 Å². The molecule has 0 aliphatic carbocycles. The van der Waals surface area contributed by atoms with Crippen LogP contribution in [-0.2, 0) is 25.1 Å². The van der Waals surface area contributed by atoms with Crippen LogP contribution in [0.15, 0.2) is 18.2 Å². The number of halogens is 1. The number of cyclic esters (lactones) is 1. The van der Waals surface area contributed by atoms with Crippen LogP contribution in [0.25, 0.3) is 0 Å². The highest BCUT2D eigenvalue weighted by Crippen LogP contribution is 2.37. The van der Waals surface area contributed by atoms with Gasteiger partial charge in [0.05, 0.1) is 41.9 Å². The number of nitrogens with one attached hydrogen (secondary N) is 1. The Hall–Kier alpha value is -2.20. The van der Waals surface area contributed by atoms with E-state index >= 15 is 0 Å². The maximum absolute atomic E-state index is 14.8. The first kappa shape index (κ1) is 20.1. The van der Waals surface area contributed by atoms with Crippen LogP contribution in [0.5, 0.6) is 0 Å². The molecule has 10 heteroatoms. The molecule has 3 aliphatic rings. The van der Waals surface area contributed by atoms with Gasteiger partial charge in [-0.1, -0.05) is 0 Å². The van der Waals surface area contributed by atoms with E-state index in [0.717, 1.165) is 0 Å². The summed E-state index contributed by atoms with van der Waals surface area (Å²) in [7, 11) is -0.989. The molecule has 2 amide bonds. The second-order valence-corrected chi connectivity index (χ2v) is 9.33. The van der Waals surface area contributed by atoms with Crippen LogP contribution in [0.2, 0.25) is 0 Å². The predicted molar refractivity (Wildman–Crippen MR) is 106 cm³/mol. The van der Waals surface area contributed by atoms with Crippen molar-refractivity contribution >= 4 is 34.2 Å². The molecule has 0 radical (unpaired) electrons. The first-order valence-corrected chi connectivity index (χ1v) is 11.0. The van der Waals surface area contributed by atoms with Gasteiger partial charge in [0.15, 0.2) is 0 Å². The molecule has 0 aromatic heterocycles. The molecule has 3 saturated heterocycles. The molecule has 8 nitrogen and oxygen atoms in total. The van der Waals surface area contributed by atoms with Gasteiger partial charge < -0.3 is 19.7 Å². The maximum Gasteiger partial charge on any atom is 0.414 e. The molecule has 0 bridgehead atoms. The minimum Gasteiger partial charge on any atom is -0.442 e. The third kappa shape index (κ3) is 3.95. The molecular weight excluding hydrogens is 401 g/mol. The number of piperidine rings is 1. The van der Waals surface area contributed by atoms with Crippen molar-refractivity contribution in [1.29, 1.82) is 0 Å². The molecule has 3 heterocycles. The van der Waals surface area contributed by atoms with Gasteiger partial charge in [-0.3, -0.25) is 13.9 Å². The second-order valence-electron chi connectivity index (χ2n) is 7.49. The molecular formula is C19H24FN3O5S. The summed E-state index contributed by atoms with van der Waals surface area (Å²) < 4.78 is 38.0. The minimum absolute atomic E-state index is 0.204. The van der Waals surface area contributed by atoms with Crippen molar-refractivity contribution in [3.8, 4) is 0 Å². The van der Waals surface area contributed by atoms with Crippen molar-refractivity contribution in [1.82, 2.24) is 5.32 Å². The van der Waals surface area contributed by atoms with E-state index in [-0.39, 0.29) is 19.0 Å². The monoisotopic (exact) mass is 425 g/mol. The quantitative estimate of drug-likeness (QED) is 0.784. The average molecular weight is 425 g/mol. The fourth-order valence-electron chi connectivity index (χ4n) is 4.03. The number of carbonyl (C=O) groups excluding carboxylic acids is 2. The molecule has 3 aliphatic heterocycles. The summed E-state index contributed by atoms with van der Waals surface area (Å²) in [4.78, 5) is 25.8. The van der Waals surface area contributed by atoms with E-state index in [1.807, 2.05) is 4.90 Å². The number of nitrogens with zero attached hydrogens (tertiary/aromatic N) is 2. The lowest BCUT2D eigenvalue weighted by molar-refractivity contribution is -0.119. The summed E-state index contributed by atoms with van der Waals surface area (Å²) in [5.74, 6) is -0.0622. The van der Waals surface area contributed by atoms with Crippen molar-refractivity contribution in [3.63, 3.8) is 0 Å². The van der Waals surface area contributed by atoms with E-state index in [1.54, 1.807) is 12.1 Å². The molecule has 4 rings (SSSR count). The van der Waals surface area contributed by atoms with E-state index in [9.17, 15) is 18.2 Å². The van der Waals surface area contributed by atoms with Gasteiger partial charge >= 0.3 is 6.09 Å². The first-order chi connectivity index (χ1) is 13.9. The molecule has 29 heavy (non-hydrogen) atoms. The molecule has 1 aromatic carbocycles. The van der Waals surface area contributed by atoms with Gasteiger partial charge in [0.2, 0.25) is 5.91 Å². The zero-order valence-corrected chi connectivity index (χ0v) is 17.0. The Morgan fingerprint density at radius 1 is 1.38 bits per heavy atom. The van der Waals surface area contributed by atoms with Crippen LogP contribution in [0.4, 0.5) is 20.6 Å². The fraction of sp³-hybridized carbons (Fsp3) is 0.579. The molecule has 1 spiro atoms. The van der Waals surface area contributed by atoms with Gasteiger partial charge in [-0.25, -0.2) is 9.18 Å². The van der Waals surface area contributed by atoms with Gasteiger partial charge in [-0.15, -0.1) is 0 Å². The predicted octanol–water partition coefficient (Wildman–Crippen LogP) is 1.36. The van der Waals surface area contributed by atoms with Crippen molar-refractivity contribution in [3.05, 3.63) is 24.0 Å². The number of hydrogen-bond acceptors (Lipinski definition) is 6. The number of amides is 2. The van der Waals surface area contributed by atoms with Crippen LogP contribution in [-0.4, -0.2) is 65.8 Å². The minimum atomic E-state index is -0.989. The lowest BCUT2D eigenvalue weighted by Crippen LogP contribution is -2.46. The zero-order chi connectivity index (χ0) is 20.6. The Kier molecular flexibility index (Phi) is 5.48. The van der Waals surface area contributed by atoms with E-state index in [2.05, 4.69) is 5.32 Å². The van der Waals surface area contributed by atoms with Crippen LogP contribution in [0, 0.1) is 5.82 Å². The normalized spacial score (nSPS) is 26.1. The summed E-state index contributed by atoms with van der Waals surface area (Å²) >= 11 is 0. The third-order valence-corrected chi connectivity index (χ3v) is 7.50. The molecule has 3 fully saturated rings. The fourth-order valence-corrected chi connectivity index (χ4v) is 5.49. The van der Waals surface area contributed by atoms with E-state index in [4.69, 9.17) is 9.47 Å². The SMILES string of the molecule is CC(=O)NC[C@H]1CN(c2ccc(N3CCC4(CC3)OCCS4=O)c(F)c2)C(=O)O1. The third-order valence-electron chi connectivity index (χ3n) is 5.61. The molecule has 2 atom stereocenters. The molecule has 158 valence electrons. The number of ether oxygens (including phenoxy) is 2. The Morgan fingerprint density at radius 3 is 2.76 bits per heavy atom. The molecule has 1 unspecified atom stereocenters. The number of rotatable bonds is 4. The highest BCUT2D eigenvalue weighted by atomic mass is 32.2. The molecule has 0 saturated carbocycles. The molecule has 1 N–H and O–H groups in total. The van der Waals surface area contributed by atoms with Gasteiger partial charge in [-0.2, -0.15) is 0 Å². The maximum atomic E-state index is 14.8. The highest BCUT2D eigenvalue weighted by Gasteiger charge is 2.45. The largest absolute Gasteiger partial charge is 0.442 e. The van der Waals surface area contributed by atoms with Crippen molar-refractivity contribution in [2.75, 3.05) is 48.3 Å². The topological polar surface area (TPSA) is 88.2 Å². The van der Waals surface area contributed by atoms with Gasteiger partial charge in [0, 0.05) is 38.6 Å². The number of anilines is 2. The second kappa shape index (κ2) is 7.91. The Labute approximate surface area is 170 Å². The van der Waals surface area contributed by atoms with Gasteiger partial charge in [0.1, 0.15) is 16.9 Å². The Balaban J connectivity index is 1.42. The lowest BCUT2D eigenvalue weighted by atomic mass is 10.1. The Bertz CT molecular complexity index is 843. The van der Waals surface area contributed by atoms with Gasteiger partial charge in [-0.05, 0) is 18.2 Å². The summed E-state index contributed by atoms with van der Waals surface area (Å²) in [5, 5.41) is 2.61. The van der Waals surface area contributed by atoms with Gasteiger partial charge in [0.25, 0.3) is 0 Å². The number of benzene rings is 1. The summed E-state index contributed by atoms with van der Waals surface area (Å²) in [5.41, 5.74) is 0.866. The zero-order valence-electron chi connectivity index (χ0n) is 16.2. The van der Waals surface area contributed by atoms with Crippen LogP contribution in [0.1, 0.15) is 19.8 Å². The van der Waals surface area contributed by atoms with Crippen LogP contribution >= 0.6 is 0 Å². The number of carbonyl (C=O) groups is 2. The highest BCUT2D eigenvalue weighted by molar-refractivity contribution is 7.86. The lowest BCUT2D eigenvalue weighted by Gasteiger charge is -2.38.